The Morgan fingerprint density at radius 3 is 2.81 bits per heavy atom. The molecule has 1 N–H and O–H groups in total. The van der Waals surface area contributed by atoms with Crippen molar-refractivity contribution in [3.8, 4) is 0 Å². The lowest BCUT2D eigenvalue weighted by Gasteiger charge is -2.10. The van der Waals surface area contributed by atoms with Crippen molar-refractivity contribution in [1.29, 1.82) is 0 Å². The number of imidazole rings is 1. The maximum atomic E-state index is 12.3. The van der Waals surface area contributed by atoms with Crippen molar-refractivity contribution in [3.05, 3.63) is 48.5 Å². The summed E-state index contributed by atoms with van der Waals surface area (Å²) >= 11 is 0. The third kappa shape index (κ3) is 3.67. The van der Waals surface area contributed by atoms with Gasteiger partial charge in [-0.15, -0.1) is 0 Å². The summed E-state index contributed by atoms with van der Waals surface area (Å²) < 4.78 is 33.3. The molecule has 1 aromatic carbocycles. The average Bonchev–Trinajstić information content (AvgIpc) is 2.99. The van der Waals surface area contributed by atoms with Crippen LogP contribution in [0, 0.1) is 0 Å². The van der Waals surface area contributed by atoms with E-state index in [-0.39, 0.29) is 17.0 Å². The molecule has 8 heteroatoms. The van der Waals surface area contributed by atoms with Crippen molar-refractivity contribution in [2.24, 2.45) is 0 Å². The van der Waals surface area contributed by atoms with E-state index in [4.69, 9.17) is 0 Å². The molecule has 0 amide bonds. The normalized spacial score (nSPS) is 11.3. The lowest BCUT2D eigenvalue weighted by atomic mass is 10.2. The molecule has 0 atom stereocenters. The van der Waals surface area contributed by atoms with Crippen LogP contribution in [0.15, 0.2) is 47.9 Å². The topological polar surface area (TPSA) is 90.3 Å². The summed E-state index contributed by atoms with van der Waals surface area (Å²) in [6.07, 6.45) is 4.94. The Kier molecular flexibility index (Phi) is 4.71. The van der Waals surface area contributed by atoms with Crippen LogP contribution in [0.1, 0.15) is 10.4 Å². The van der Waals surface area contributed by atoms with E-state index in [1.54, 1.807) is 35.4 Å². The van der Waals surface area contributed by atoms with Gasteiger partial charge in [0.15, 0.2) is 0 Å². The smallest absolute Gasteiger partial charge is 0.339 e. The number of nitrogens with one attached hydrogen (secondary N) is 1. The zero-order valence-corrected chi connectivity index (χ0v) is 12.2. The predicted molar refractivity (Wildman–Crippen MR) is 75.2 cm³/mol. The third-order valence-corrected chi connectivity index (χ3v) is 4.32. The van der Waals surface area contributed by atoms with E-state index in [0.717, 1.165) is 0 Å². The van der Waals surface area contributed by atoms with Gasteiger partial charge in [0.25, 0.3) is 0 Å². The second-order valence-electron chi connectivity index (χ2n) is 4.19. The number of sulfonamides is 1. The molecule has 112 valence electrons. The number of carbonyl (C=O) groups is 1. The molecule has 0 saturated heterocycles. The Balaban J connectivity index is 2.14. The third-order valence-electron chi connectivity index (χ3n) is 2.80. The highest BCUT2D eigenvalue weighted by atomic mass is 32.2. The van der Waals surface area contributed by atoms with Crippen LogP contribution in [0.5, 0.6) is 0 Å². The van der Waals surface area contributed by atoms with Crippen molar-refractivity contribution in [3.63, 3.8) is 0 Å². The van der Waals surface area contributed by atoms with Gasteiger partial charge in [-0.3, -0.25) is 0 Å². The summed E-state index contributed by atoms with van der Waals surface area (Å²) in [5, 5.41) is 0. The molecule has 2 rings (SSSR count). The number of ether oxygens (including phenoxy) is 1. The fraction of sp³-hybridized carbons (Fsp3) is 0.231. The Labute approximate surface area is 122 Å². The Morgan fingerprint density at radius 1 is 1.38 bits per heavy atom. The van der Waals surface area contributed by atoms with Crippen LogP contribution in [-0.2, 0) is 21.3 Å². The largest absolute Gasteiger partial charge is 0.465 e. The molecular formula is C13H15N3O4S. The second-order valence-corrected chi connectivity index (χ2v) is 5.92. The number of nitrogens with zero attached hydrogens (tertiary/aromatic N) is 2. The fourth-order valence-electron chi connectivity index (χ4n) is 1.79. The van der Waals surface area contributed by atoms with E-state index in [1.807, 2.05) is 0 Å². The van der Waals surface area contributed by atoms with E-state index in [2.05, 4.69) is 14.4 Å². The molecule has 0 aliphatic rings. The number of rotatable bonds is 6. The van der Waals surface area contributed by atoms with Gasteiger partial charge >= 0.3 is 5.97 Å². The SMILES string of the molecule is COC(=O)c1ccccc1S(=O)(=O)NCCn1ccnc1. The lowest BCUT2D eigenvalue weighted by molar-refractivity contribution is 0.0596. The first kappa shape index (κ1) is 15.2. The predicted octanol–water partition coefficient (Wildman–Crippen LogP) is 0.648. The van der Waals surface area contributed by atoms with Gasteiger partial charge in [0.05, 0.1) is 23.9 Å². The maximum absolute atomic E-state index is 12.3. The summed E-state index contributed by atoms with van der Waals surface area (Å²) in [4.78, 5) is 15.4. The molecule has 21 heavy (non-hydrogen) atoms. The van der Waals surface area contributed by atoms with E-state index in [0.29, 0.717) is 6.54 Å². The summed E-state index contributed by atoms with van der Waals surface area (Å²) in [5.41, 5.74) is 0.00938. The number of methoxy groups -OCH3 is 1. The van der Waals surface area contributed by atoms with Gasteiger partial charge in [0.2, 0.25) is 10.0 Å². The van der Waals surface area contributed by atoms with Gasteiger partial charge in [0.1, 0.15) is 0 Å². The summed E-state index contributed by atoms with van der Waals surface area (Å²) in [7, 11) is -2.58. The van der Waals surface area contributed by atoms with Crippen molar-refractivity contribution in [2.45, 2.75) is 11.4 Å². The maximum Gasteiger partial charge on any atom is 0.339 e. The molecule has 0 saturated carbocycles. The Bertz CT molecular complexity index is 711. The zero-order chi connectivity index (χ0) is 15.3. The zero-order valence-electron chi connectivity index (χ0n) is 11.4. The van der Waals surface area contributed by atoms with Gasteiger partial charge in [-0.1, -0.05) is 12.1 Å². The standard InChI is InChI=1S/C13H15N3O4S/c1-20-13(17)11-4-2-3-5-12(11)21(18,19)15-7-9-16-8-6-14-10-16/h2-6,8,10,15H,7,9H2,1H3. The minimum absolute atomic E-state index is 0.00938. The quantitative estimate of drug-likeness (QED) is 0.791. The van der Waals surface area contributed by atoms with Crippen LogP contribution < -0.4 is 4.72 Å². The van der Waals surface area contributed by atoms with Gasteiger partial charge < -0.3 is 9.30 Å². The first-order valence-electron chi connectivity index (χ1n) is 6.17. The molecule has 7 nitrogen and oxygen atoms in total. The Hall–Kier alpha value is -2.19. The number of benzene rings is 1. The number of aromatic nitrogens is 2. The highest BCUT2D eigenvalue weighted by Crippen LogP contribution is 2.16. The van der Waals surface area contributed by atoms with Crippen molar-refractivity contribution in [1.82, 2.24) is 14.3 Å². The molecule has 2 aromatic rings. The van der Waals surface area contributed by atoms with Crippen LogP contribution in [0.4, 0.5) is 0 Å². The summed E-state index contributed by atoms with van der Waals surface area (Å²) in [6, 6.07) is 5.91. The summed E-state index contributed by atoms with van der Waals surface area (Å²) in [6.45, 7) is 0.633. The van der Waals surface area contributed by atoms with E-state index in [1.165, 1.54) is 19.2 Å². The van der Waals surface area contributed by atoms with Crippen LogP contribution in [0.3, 0.4) is 0 Å². The molecule has 0 spiro atoms. The van der Waals surface area contributed by atoms with Gasteiger partial charge in [0, 0.05) is 25.5 Å². The van der Waals surface area contributed by atoms with Gasteiger partial charge in [-0.05, 0) is 12.1 Å². The molecule has 1 heterocycles. The van der Waals surface area contributed by atoms with Crippen LogP contribution in [0.2, 0.25) is 0 Å². The van der Waals surface area contributed by atoms with E-state index in [9.17, 15) is 13.2 Å². The number of esters is 1. The van der Waals surface area contributed by atoms with Crippen molar-refractivity contribution < 1.29 is 17.9 Å². The highest BCUT2D eigenvalue weighted by molar-refractivity contribution is 7.89. The highest BCUT2D eigenvalue weighted by Gasteiger charge is 2.21. The number of hydrogen-bond donors (Lipinski definition) is 1. The monoisotopic (exact) mass is 309 g/mol. The Morgan fingerprint density at radius 2 is 2.14 bits per heavy atom. The number of hydrogen-bond acceptors (Lipinski definition) is 5. The molecule has 1 aromatic heterocycles. The molecular weight excluding hydrogens is 294 g/mol. The molecule has 0 fully saturated rings. The van der Waals surface area contributed by atoms with Crippen LogP contribution in [0.25, 0.3) is 0 Å². The first-order valence-corrected chi connectivity index (χ1v) is 7.65. The lowest BCUT2D eigenvalue weighted by Crippen LogP contribution is -2.28. The first-order chi connectivity index (χ1) is 10.0. The average molecular weight is 309 g/mol. The summed E-state index contributed by atoms with van der Waals surface area (Å²) in [5.74, 6) is -0.689. The number of carbonyl (C=O) groups excluding carboxylic acids is 1. The minimum atomic E-state index is -3.78. The van der Waals surface area contributed by atoms with Gasteiger partial charge in [-0.2, -0.15) is 0 Å². The molecule has 0 aliphatic heterocycles. The van der Waals surface area contributed by atoms with Crippen molar-refractivity contribution in [2.75, 3.05) is 13.7 Å². The van der Waals surface area contributed by atoms with Crippen molar-refractivity contribution >= 4 is 16.0 Å². The molecule has 0 radical (unpaired) electrons. The van der Waals surface area contributed by atoms with Crippen LogP contribution >= 0.6 is 0 Å². The van der Waals surface area contributed by atoms with E-state index >= 15 is 0 Å². The van der Waals surface area contributed by atoms with E-state index < -0.39 is 16.0 Å². The minimum Gasteiger partial charge on any atom is -0.465 e. The molecule has 0 bridgehead atoms. The molecule has 0 unspecified atom stereocenters. The van der Waals surface area contributed by atoms with Gasteiger partial charge in [-0.25, -0.2) is 22.9 Å². The van der Waals surface area contributed by atoms with Crippen LogP contribution in [-0.4, -0.2) is 37.6 Å². The fourth-order valence-corrected chi connectivity index (χ4v) is 3.00. The second kappa shape index (κ2) is 6.51. The molecule has 0 aliphatic carbocycles.